The van der Waals surface area contributed by atoms with Gasteiger partial charge in [0, 0.05) is 0 Å². The Labute approximate surface area is 114 Å². The molecule has 0 fully saturated rings. The van der Waals surface area contributed by atoms with Gasteiger partial charge in [0.2, 0.25) is 0 Å². The highest BCUT2D eigenvalue weighted by atomic mass is 16.5. The molecule has 1 rings (SSSR count). The molecule has 0 aromatic heterocycles. The van der Waals surface area contributed by atoms with Crippen LogP contribution in [-0.4, -0.2) is 12.5 Å². The maximum atomic E-state index is 11.2. The fourth-order valence-corrected chi connectivity index (χ4v) is 1.70. The van der Waals surface area contributed by atoms with Gasteiger partial charge in [0.1, 0.15) is 5.75 Å². The lowest BCUT2D eigenvalue weighted by molar-refractivity contribution is 0.0996. The zero-order valence-corrected chi connectivity index (χ0v) is 11.5. The van der Waals surface area contributed by atoms with Crippen LogP contribution >= 0.6 is 0 Å². The SMILES string of the molecule is CC(C)(C#N)CCCCOc1ccccc1C(N)=O. The number of carbonyl (C=O) groups is 1. The molecule has 0 bridgehead atoms. The maximum Gasteiger partial charge on any atom is 0.252 e. The van der Waals surface area contributed by atoms with Gasteiger partial charge in [0.15, 0.2) is 0 Å². The quantitative estimate of drug-likeness (QED) is 0.766. The second-order valence-electron chi connectivity index (χ2n) is 5.16. The van der Waals surface area contributed by atoms with E-state index in [9.17, 15) is 4.79 Å². The van der Waals surface area contributed by atoms with Crippen molar-refractivity contribution < 1.29 is 9.53 Å². The Morgan fingerprint density at radius 1 is 1.37 bits per heavy atom. The maximum absolute atomic E-state index is 11.2. The van der Waals surface area contributed by atoms with Crippen LogP contribution in [0, 0.1) is 16.7 Å². The first-order chi connectivity index (χ1) is 8.96. The molecule has 0 aliphatic carbocycles. The van der Waals surface area contributed by atoms with Crippen molar-refractivity contribution in [2.45, 2.75) is 33.1 Å². The van der Waals surface area contributed by atoms with E-state index in [0.29, 0.717) is 17.9 Å². The summed E-state index contributed by atoms with van der Waals surface area (Å²) in [6.45, 7) is 4.37. The fraction of sp³-hybridized carbons (Fsp3) is 0.467. The zero-order chi connectivity index (χ0) is 14.3. The van der Waals surface area contributed by atoms with Gasteiger partial charge in [-0.2, -0.15) is 5.26 Å². The number of rotatable bonds is 7. The van der Waals surface area contributed by atoms with Gasteiger partial charge in [-0.15, -0.1) is 0 Å². The number of nitrogens with zero attached hydrogens (tertiary/aromatic N) is 1. The zero-order valence-electron chi connectivity index (χ0n) is 11.5. The molecule has 0 aliphatic rings. The molecule has 4 heteroatoms. The largest absolute Gasteiger partial charge is 0.493 e. The van der Waals surface area contributed by atoms with Crippen LogP contribution in [0.2, 0.25) is 0 Å². The molecule has 4 nitrogen and oxygen atoms in total. The Morgan fingerprint density at radius 2 is 2.05 bits per heavy atom. The number of unbranched alkanes of at least 4 members (excludes halogenated alkanes) is 1. The first-order valence-corrected chi connectivity index (χ1v) is 6.39. The number of nitrogens with two attached hydrogens (primary N) is 1. The average Bonchev–Trinajstić information content (AvgIpc) is 2.38. The van der Waals surface area contributed by atoms with E-state index in [1.165, 1.54) is 0 Å². The standard InChI is InChI=1S/C15H20N2O2/c1-15(2,11-16)9-5-6-10-19-13-8-4-3-7-12(13)14(17)18/h3-4,7-8H,5-6,9-10H2,1-2H3,(H2,17,18). The van der Waals surface area contributed by atoms with Crippen molar-refractivity contribution in [3.05, 3.63) is 29.8 Å². The number of amides is 1. The van der Waals surface area contributed by atoms with Crippen LogP contribution in [-0.2, 0) is 0 Å². The minimum absolute atomic E-state index is 0.287. The Balaban J connectivity index is 2.39. The van der Waals surface area contributed by atoms with Gasteiger partial charge in [-0.25, -0.2) is 0 Å². The number of nitriles is 1. The van der Waals surface area contributed by atoms with Gasteiger partial charge < -0.3 is 10.5 Å². The lowest BCUT2D eigenvalue weighted by atomic mass is 9.89. The summed E-state index contributed by atoms with van der Waals surface area (Å²) in [4.78, 5) is 11.2. The molecule has 0 radical (unpaired) electrons. The van der Waals surface area contributed by atoms with Crippen LogP contribution in [0.5, 0.6) is 5.75 Å². The molecule has 0 unspecified atom stereocenters. The second-order valence-corrected chi connectivity index (χ2v) is 5.16. The van der Waals surface area contributed by atoms with E-state index in [2.05, 4.69) is 6.07 Å². The lowest BCUT2D eigenvalue weighted by Crippen LogP contribution is -2.13. The van der Waals surface area contributed by atoms with Crippen molar-refractivity contribution in [1.29, 1.82) is 5.26 Å². The molecule has 0 heterocycles. The Morgan fingerprint density at radius 3 is 2.68 bits per heavy atom. The van der Waals surface area contributed by atoms with Crippen molar-refractivity contribution in [2.24, 2.45) is 11.1 Å². The van der Waals surface area contributed by atoms with Crippen LogP contribution in [0.25, 0.3) is 0 Å². The highest BCUT2D eigenvalue weighted by Crippen LogP contribution is 2.22. The molecule has 0 aliphatic heterocycles. The summed E-state index contributed by atoms with van der Waals surface area (Å²) in [5.41, 5.74) is 5.38. The lowest BCUT2D eigenvalue weighted by Gasteiger charge is -2.14. The molecule has 102 valence electrons. The molecule has 1 aromatic rings. The molecular weight excluding hydrogens is 240 g/mol. The van der Waals surface area contributed by atoms with Crippen molar-refractivity contribution in [3.63, 3.8) is 0 Å². The van der Waals surface area contributed by atoms with E-state index in [0.717, 1.165) is 19.3 Å². The molecule has 0 spiro atoms. The van der Waals surface area contributed by atoms with Crippen molar-refractivity contribution >= 4 is 5.91 Å². The van der Waals surface area contributed by atoms with Crippen LogP contribution in [0.4, 0.5) is 0 Å². The minimum Gasteiger partial charge on any atom is -0.493 e. The van der Waals surface area contributed by atoms with Gasteiger partial charge in [-0.3, -0.25) is 4.79 Å². The summed E-state index contributed by atoms with van der Waals surface area (Å²) in [7, 11) is 0. The number of para-hydroxylation sites is 1. The van der Waals surface area contributed by atoms with Crippen molar-refractivity contribution in [1.82, 2.24) is 0 Å². The summed E-state index contributed by atoms with van der Waals surface area (Å²) >= 11 is 0. The van der Waals surface area contributed by atoms with Gasteiger partial charge >= 0.3 is 0 Å². The normalized spacial score (nSPS) is 10.8. The topological polar surface area (TPSA) is 76.1 Å². The predicted molar refractivity (Wildman–Crippen MR) is 73.7 cm³/mol. The van der Waals surface area contributed by atoms with Crippen LogP contribution in [0.3, 0.4) is 0 Å². The van der Waals surface area contributed by atoms with E-state index in [1.807, 2.05) is 13.8 Å². The Kier molecular flexibility index (Phi) is 5.37. The van der Waals surface area contributed by atoms with Gasteiger partial charge in [0.05, 0.1) is 23.7 Å². The van der Waals surface area contributed by atoms with Gasteiger partial charge in [-0.05, 0) is 45.2 Å². The smallest absolute Gasteiger partial charge is 0.252 e. The highest BCUT2D eigenvalue weighted by Gasteiger charge is 2.15. The Hall–Kier alpha value is -2.02. The van der Waals surface area contributed by atoms with E-state index in [1.54, 1.807) is 24.3 Å². The monoisotopic (exact) mass is 260 g/mol. The number of hydrogen-bond donors (Lipinski definition) is 1. The molecule has 2 N–H and O–H groups in total. The third-order valence-corrected chi connectivity index (χ3v) is 2.91. The third-order valence-electron chi connectivity index (χ3n) is 2.91. The fourth-order valence-electron chi connectivity index (χ4n) is 1.70. The molecule has 0 saturated carbocycles. The second kappa shape index (κ2) is 6.79. The number of primary amides is 1. The van der Waals surface area contributed by atoms with Crippen molar-refractivity contribution in [3.8, 4) is 11.8 Å². The number of carbonyl (C=O) groups excluding carboxylic acids is 1. The average molecular weight is 260 g/mol. The summed E-state index contributed by atoms with van der Waals surface area (Å²) in [6.07, 6.45) is 2.60. The highest BCUT2D eigenvalue weighted by molar-refractivity contribution is 5.95. The number of benzene rings is 1. The van der Waals surface area contributed by atoms with Gasteiger partial charge in [-0.1, -0.05) is 12.1 Å². The van der Waals surface area contributed by atoms with E-state index in [-0.39, 0.29) is 5.41 Å². The summed E-state index contributed by atoms with van der Waals surface area (Å²) < 4.78 is 5.56. The Bertz CT molecular complexity index is 475. The van der Waals surface area contributed by atoms with Crippen LogP contribution in [0.15, 0.2) is 24.3 Å². The minimum atomic E-state index is -0.485. The summed E-state index contributed by atoms with van der Waals surface area (Å²) in [5.74, 6) is 0.0377. The van der Waals surface area contributed by atoms with Crippen molar-refractivity contribution in [2.75, 3.05) is 6.61 Å². The molecule has 19 heavy (non-hydrogen) atoms. The first kappa shape index (κ1) is 15.0. The van der Waals surface area contributed by atoms with E-state index in [4.69, 9.17) is 15.7 Å². The van der Waals surface area contributed by atoms with E-state index >= 15 is 0 Å². The van der Waals surface area contributed by atoms with Gasteiger partial charge in [0.25, 0.3) is 5.91 Å². The first-order valence-electron chi connectivity index (χ1n) is 6.39. The molecular formula is C15H20N2O2. The third kappa shape index (κ3) is 5.01. The van der Waals surface area contributed by atoms with Crippen LogP contribution in [0.1, 0.15) is 43.5 Å². The summed E-state index contributed by atoms with van der Waals surface area (Å²) in [5, 5.41) is 8.89. The molecule has 0 saturated heterocycles. The molecule has 0 atom stereocenters. The predicted octanol–water partition coefficient (Wildman–Crippen LogP) is 2.88. The van der Waals surface area contributed by atoms with Crippen LogP contribution < -0.4 is 10.5 Å². The summed E-state index contributed by atoms with van der Waals surface area (Å²) in [6, 6.07) is 9.22. The molecule has 1 aromatic carbocycles. The number of ether oxygens (including phenoxy) is 1. The number of hydrogen-bond acceptors (Lipinski definition) is 3. The van der Waals surface area contributed by atoms with E-state index < -0.39 is 5.91 Å². The molecule has 1 amide bonds.